The Balaban J connectivity index is 0.000000135. The molecule has 3 heterocycles. The third-order valence-corrected chi connectivity index (χ3v) is 7.33. The van der Waals surface area contributed by atoms with Gasteiger partial charge in [-0.05, 0) is 37.4 Å². The van der Waals surface area contributed by atoms with Crippen molar-refractivity contribution in [3.8, 4) is 0 Å². The molecule has 0 unspecified atom stereocenters. The van der Waals surface area contributed by atoms with Gasteiger partial charge in [0, 0.05) is 19.8 Å². The molecule has 0 spiro atoms. The molecule has 3 saturated heterocycles. The Bertz CT molecular complexity index is 97.6. The highest BCUT2D eigenvalue weighted by atomic mass is 28.2. The smallest absolute Gasteiger partial charge is 0.161 e. The highest BCUT2D eigenvalue weighted by molar-refractivity contribution is 6.27. The van der Waals surface area contributed by atoms with Gasteiger partial charge in [-0.1, -0.05) is 19.3 Å². The summed E-state index contributed by atoms with van der Waals surface area (Å²) in [7, 11) is 0.0255. The second-order valence-electron chi connectivity index (χ2n) is 5.02. The quantitative estimate of drug-likeness (QED) is 0.622. The monoisotopic (exact) mass is 306 g/mol. The second-order valence-corrected chi connectivity index (χ2v) is 9.59. The lowest BCUT2D eigenvalue weighted by Gasteiger charge is -2.07. The van der Waals surface area contributed by atoms with Crippen LogP contribution in [-0.2, 0) is 13.3 Å². The van der Waals surface area contributed by atoms with Gasteiger partial charge in [0.25, 0.3) is 0 Å². The Kier molecular flexibility index (Phi) is 12.9. The summed E-state index contributed by atoms with van der Waals surface area (Å²) in [5.74, 6) is 0. The molecule has 0 N–H and O–H groups in total. The average Bonchev–Trinajstić information content (AvgIpc) is 2.54. The molecular formula is C12H30O3Si3. The molecule has 0 saturated carbocycles. The molecule has 0 aliphatic carbocycles. The summed E-state index contributed by atoms with van der Waals surface area (Å²) >= 11 is 0. The third-order valence-electron chi connectivity index (χ3n) is 3.23. The molecule has 0 aromatic carbocycles. The van der Waals surface area contributed by atoms with Crippen molar-refractivity contribution in [1.29, 1.82) is 0 Å². The van der Waals surface area contributed by atoms with Crippen LogP contribution < -0.4 is 0 Å². The number of hydrogen-bond acceptors (Lipinski definition) is 3. The van der Waals surface area contributed by atoms with E-state index in [0.717, 1.165) is 19.8 Å². The molecule has 0 bridgehead atoms. The van der Waals surface area contributed by atoms with E-state index in [0.29, 0.717) is 0 Å². The van der Waals surface area contributed by atoms with E-state index in [9.17, 15) is 0 Å². The zero-order chi connectivity index (χ0) is 12.7. The fraction of sp³-hybridized carbons (Fsp3) is 1.00. The normalized spacial score (nSPS) is 28.0. The van der Waals surface area contributed by atoms with Crippen LogP contribution in [0.4, 0.5) is 0 Å². The molecule has 108 valence electrons. The standard InChI is InChI=1S/3C4H10OSi/c3*1-2-4-6-5-3-1/h3*1-4,6H2. The highest BCUT2D eigenvalue weighted by Crippen LogP contribution is 2.02. The Hall–Kier alpha value is 0.531. The highest BCUT2D eigenvalue weighted by Gasteiger charge is 1.97. The van der Waals surface area contributed by atoms with Crippen LogP contribution in [0.25, 0.3) is 0 Å². The Morgan fingerprint density at radius 1 is 0.444 bits per heavy atom. The van der Waals surface area contributed by atoms with Gasteiger partial charge < -0.3 is 13.3 Å². The maximum atomic E-state index is 5.21. The fourth-order valence-corrected chi connectivity index (χ4v) is 5.57. The second kappa shape index (κ2) is 14.0. The fourth-order valence-electron chi connectivity index (χ4n) is 2.06. The molecule has 3 aliphatic heterocycles. The molecule has 6 heteroatoms. The molecule has 3 nitrogen and oxygen atoms in total. The minimum atomic E-state index is 0.00849. The molecule has 3 aliphatic rings. The topological polar surface area (TPSA) is 27.7 Å². The zero-order valence-corrected chi connectivity index (χ0v) is 16.1. The van der Waals surface area contributed by atoms with Gasteiger partial charge in [0.15, 0.2) is 29.3 Å². The van der Waals surface area contributed by atoms with E-state index in [1.807, 2.05) is 0 Å². The van der Waals surface area contributed by atoms with E-state index in [1.165, 1.54) is 56.7 Å². The summed E-state index contributed by atoms with van der Waals surface area (Å²) in [6.07, 6.45) is 8.25. The van der Waals surface area contributed by atoms with Crippen LogP contribution in [0.15, 0.2) is 0 Å². The van der Waals surface area contributed by atoms with E-state index in [-0.39, 0.29) is 29.3 Å². The molecule has 0 aromatic heterocycles. The predicted molar refractivity (Wildman–Crippen MR) is 85.6 cm³/mol. The average molecular weight is 307 g/mol. The Morgan fingerprint density at radius 2 is 0.778 bits per heavy atom. The first-order valence-corrected chi connectivity index (χ1v) is 12.5. The summed E-state index contributed by atoms with van der Waals surface area (Å²) in [4.78, 5) is 0. The number of rotatable bonds is 0. The third kappa shape index (κ3) is 11.6. The van der Waals surface area contributed by atoms with Crippen LogP contribution >= 0.6 is 0 Å². The van der Waals surface area contributed by atoms with Crippen molar-refractivity contribution in [3.05, 3.63) is 0 Å². The van der Waals surface area contributed by atoms with Gasteiger partial charge in [-0.3, -0.25) is 0 Å². The van der Waals surface area contributed by atoms with Gasteiger partial charge in [0.2, 0.25) is 0 Å². The van der Waals surface area contributed by atoms with E-state index in [1.54, 1.807) is 0 Å². The summed E-state index contributed by atoms with van der Waals surface area (Å²) in [6, 6.07) is 4.25. The van der Waals surface area contributed by atoms with Crippen LogP contribution in [-0.4, -0.2) is 49.1 Å². The van der Waals surface area contributed by atoms with Crippen molar-refractivity contribution in [3.63, 3.8) is 0 Å². The van der Waals surface area contributed by atoms with Crippen LogP contribution in [0.3, 0.4) is 0 Å². The van der Waals surface area contributed by atoms with Crippen molar-refractivity contribution in [2.45, 2.75) is 56.7 Å². The van der Waals surface area contributed by atoms with Crippen LogP contribution in [0.2, 0.25) is 18.1 Å². The van der Waals surface area contributed by atoms with Crippen molar-refractivity contribution in [1.82, 2.24) is 0 Å². The van der Waals surface area contributed by atoms with E-state index >= 15 is 0 Å². The molecule has 0 atom stereocenters. The van der Waals surface area contributed by atoms with Crippen molar-refractivity contribution >= 4 is 29.3 Å². The van der Waals surface area contributed by atoms with E-state index in [2.05, 4.69) is 0 Å². The molecular weight excluding hydrogens is 276 g/mol. The van der Waals surface area contributed by atoms with Crippen LogP contribution in [0.1, 0.15) is 38.5 Å². The Morgan fingerprint density at radius 3 is 0.833 bits per heavy atom. The van der Waals surface area contributed by atoms with E-state index in [4.69, 9.17) is 13.3 Å². The largest absolute Gasteiger partial charge is 0.424 e. The minimum absolute atomic E-state index is 0.00849. The maximum absolute atomic E-state index is 5.21. The van der Waals surface area contributed by atoms with Crippen molar-refractivity contribution in [2.75, 3.05) is 19.8 Å². The SMILES string of the molecule is C1CC[SiH2]OC1.C1CC[SiH2]OC1.C1CC[SiH2]OC1. The molecule has 0 aromatic rings. The summed E-state index contributed by atoms with van der Waals surface area (Å²) in [5.41, 5.74) is 0. The Labute approximate surface area is 119 Å². The number of hydrogen-bond donors (Lipinski definition) is 0. The van der Waals surface area contributed by atoms with Crippen molar-refractivity contribution in [2.24, 2.45) is 0 Å². The van der Waals surface area contributed by atoms with Gasteiger partial charge in [-0.15, -0.1) is 0 Å². The predicted octanol–water partition coefficient (Wildman–Crippen LogP) is 0.897. The molecule has 18 heavy (non-hydrogen) atoms. The first-order chi connectivity index (χ1) is 9.00. The van der Waals surface area contributed by atoms with Gasteiger partial charge >= 0.3 is 0 Å². The van der Waals surface area contributed by atoms with Gasteiger partial charge in [0.1, 0.15) is 0 Å². The minimum Gasteiger partial charge on any atom is -0.424 e. The molecule has 0 amide bonds. The first-order valence-electron chi connectivity index (χ1n) is 7.73. The zero-order valence-electron chi connectivity index (χ0n) is 11.8. The lowest BCUT2D eigenvalue weighted by Crippen LogP contribution is -2.06. The maximum Gasteiger partial charge on any atom is 0.161 e. The van der Waals surface area contributed by atoms with Crippen LogP contribution in [0.5, 0.6) is 0 Å². The van der Waals surface area contributed by atoms with Gasteiger partial charge in [-0.25, -0.2) is 0 Å². The first kappa shape index (κ1) is 16.6. The van der Waals surface area contributed by atoms with Gasteiger partial charge in [-0.2, -0.15) is 0 Å². The lowest BCUT2D eigenvalue weighted by atomic mass is 10.4. The van der Waals surface area contributed by atoms with E-state index < -0.39 is 0 Å². The summed E-state index contributed by atoms with van der Waals surface area (Å²) < 4.78 is 15.6. The van der Waals surface area contributed by atoms with Crippen molar-refractivity contribution < 1.29 is 13.3 Å². The summed E-state index contributed by atoms with van der Waals surface area (Å²) in [5, 5.41) is 0. The molecule has 0 radical (unpaired) electrons. The van der Waals surface area contributed by atoms with Gasteiger partial charge in [0.05, 0.1) is 0 Å². The molecule has 3 fully saturated rings. The summed E-state index contributed by atoms with van der Waals surface area (Å²) in [6.45, 7) is 3.19. The van der Waals surface area contributed by atoms with Crippen LogP contribution in [0, 0.1) is 0 Å². The molecule has 3 rings (SSSR count). The lowest BCUT2D eigenvalue weighted by molar-refractivity contribution is 0.304.